The van der Waals surface area contributed by atoms with E-state index in [1.165, 1.54) is 0 Å². The van der Waals surface area contributed by atoms with Crippen molar-refractivity contribution < 1.29 is 0 Å². The summed E-state index contributed by atoms with van der Waals surface area (Å²) < 4.78 is 0. The molecule has 0 nitrogen and oxygen atoms in total. The van der Waals surface area contributed by atoms with Gasteiger partial charge in [0.2, 0.25) is 0 Å². The molecule has 1 aromatic carbocycles. The molecule has 1 rings (SSSR count). The Kier molecular flexibility index (Phi) is 9.06. The highest BCUT2D eigenvalue weighted by Gasteiger charge is 2.65. The predicted octanol–water partition coefficient (Wildman–Crippen LogP) is 4.24. The SMILES string of the molecule is C[Si](C)[Si]([Si](C)C)([Si](C)C)[Si]([Si](C)C)([Si](C)C)[Si](C)c1ccccc1. The van der Waals surface area contributed by atoms with Gasteiger partial charge in [0.25, 0.3) is 0 Å². The number of benzene rings is 1. The first-order valence-corrected chi connectivity index (χ1v) is 34.9. The molecule has 0 fully saturated rings. The lowest BCUT2D eigenvalue weighted by Crippen LogP contribution is -2.95. The van der Waals surface area contributed by atoms with E-state index in [1.807, 2.05) is 0 Å². The molecule has 0 heterocycles. The highest BCUT2D eigenvalue weighted by Crippen LogP contribution is 2.34. The molecule has 0 aliphatic heterocycles. The van der Waals surface area contributed by atoms with Gasteiger partial charge in [-0.2, -0.15) is 0 Å². The summed E-state index contributed by atoms with van der Waals surface area (Å²) in [6.07, 6.45) is -2.28. The van der Waals surface area contributed by atoms with Gasteiger partial charge in [0, 0.05) is 53.9 Å². The van der Waals surface area contributed by atoms with Crippen molar-refractivity contribution in [2.45, 2.75) is 72.0 Å². The lowest BCUT2D eigenvalue weighted by molar-refractivity contribution is 1.76. The van der Waals surface area contributed by atoms with E-state index < -0.39 is 12.3 Å². The standard InChI is InChI=1S/C17H38Si8/c1-18(2)24(19(3)4,20(5)6)25(21(7)8,22(9)10)23(11)17-15-13-12-14-16-17/h12-16H,1-11H3. The molecule has 0 aromatic heterocycles. The van der Waals surface area contributed by atoms with Crippen LogP contribution in [0.3, 0.4) is 0 Å². The first kappa shape index (κ1) is 24.0. The molecular formula is C17H38Si8. The average molecular weight is 467 g/mol. The summed E-state index contributed by atoms with van der Waals surface area (Å²) in [5, 5.41) is 1.79. The van der Waals surface area contributed by atoms with E-state index in [4.69, 9.17) is 0 Å². The third-order valence-corrected chi connectivity index (χ3v) is 165. The largest absolute Gasteiger partial charge is 0.0739 e. The minimum absolute atomic E-state index is 0.161. The van der Waals surface area contributed by atoms with Crippen molar-refractivity contribution in [3.8, 4) is 0 Å². The van der Waals surface area contributed by atoms with E-state index in [0.717, 1.165) is 0 Å². The Labute approximate surface area is 169 Å². The lowest BCUT2D eigenvalue weighted by Gasteiger charge is -2.61. The quantitative estimate of drug-likeness (QED) is 0.503. The maximum Gasteiger partial charge on any atom is 0.0655 e. The summed E-state index contributed by atoms with van der Waals surface area (Å²) >= 11 is 0. The van der Waals surface area contributed by atoms with Crippen molar-refractivity contribution in [3.05, 3.63) is 30.3 Å². The van der Waals surface area contributed by atoms with Gasteiger partial charge in [0.15, 0.2) is 0 Å². The Balaban J connectivity index is 3.88. The van der Waals surface area contributed by atoms with Crippen molar-refractivity contribution >= 4 is 67.4 Å². The molecule has 1 aromatic rings. The molecule has 0 aliphatic carbocycles. The van der Waals surface area contributed by atoms with Crippen LogP contribution in [0.5, 0.6) is 0 Å². The molecule has 25 heavy (non-hydrogen) atoms. The second-order valence-corrected chi connectivity index (χ2v) is 76.6. The molecule has 8 heteroatoms. The third-order valence-electron chi connectivity index (χ3n) is 6.08. The Morgan fingerprint density at radius 2 is 0.800 bits per heavy atom. The minimum Gasteiger partial charge on any atom is -0.0739 e. The average Bonchev–Trinajstić information content (AvgIpc) is 2.50. The fourth-order valence-corrected chi connectivity index (χ4v) is 257. The van der Waals surface area contributed by atoms with Crippen molar-refractivity contribution in [2.75, 3.05) is 0 Å². The summed E-state index contributed by atoms with van der Waals surface area (Å²) in [5.74, 6) is 0. The molecule has 6 radical (unpaired) electrons. The zero-order valence-corrected chi connectivity index (χ0v) is 26.4. The van der Waals surface area contributed by atoms with Crippen molar-refractivity contribution in [1.29, 1.82) is 0 Å². The fraction of sp³-hybridized carbons (Fsp3) is 0.647. The van der Waals surface area contributed by atoms with E-state index in [2.05, 4.69) is 102 Å². The van der Waals surface area contributed by atoms with Gasteiger partial charge in [-0.3, -0.25) is 0 Å². The molecule has 0 unspecified atom stereocenters. The van der Waals surface area contributed by atoms with Gasteiger partial charge in [-0.1, -0.05) is 108 Å². The molecule has 0 atom stereocenters. The van der Waals surface area contributed by atoms with Gasteiger partial charge < -0.3 is 0 Å². The molecular weight excluding hydrogens is 429 g/mol. The van der Waals surface area contributed by atoms with Crippen LogP contribution in [0.1, 0.15) is 0 Å². The number of rotatable bonds is 8. The van der Waals surface area contributed by atoms with Crippen LogP contribution >= 0.6 is 0 Å². The van der Waals surface area contributed by atoms with E-state index in [9.17, 15) is 0 Å². The minimum atomic E-state index is -1.18. The van der Waals surface area contributed by atoms with Crippen LogP contribution in [0.4, 0.5) is 0 Å². The van der Waals surface area contributed by atoms with Crippen LogP contribution in [0, 0.1) is 0 Å². The third kappa shape index (κ3) is 3.92. The van der Waals surface area contributed by atoms with E-state index in [-0.39, 0.29) is 49.9 Å². The van der Waals surface area contributed by atoms with Gasteiger partial charge in [-0.05, 0) is 0 Å². The van der Waals surface area contributed by atoms with Crippen LogP contribution in [0.25, 0.3) is 0 Å². The van der Waals surface area contributed by atoms with Crippen LogP contribution in [-0.2, 0) is 0 Å². The summed E-state index contributed by atoms with van der Waals surface area (Å²) in [6.45, 7) is 30.5. The van der Waals surface area contributed by atoms with Gasteiger partial charge in [0.05, 0.1) is 8.31 Å². The lowest BCUT2D eigenvalue weighted by atomic mass is 10.4. The number of hydrogen-bond acceptors (Lipinski definition) is 0. The predicted molar refractivity (Wildman–Crippen MR) is 137 cm³/mol. The zero-order valence-electron chi connectivity index (χ0n) is 18.4. The Morgan fingerprint density at radius 1 is 0.480 bits per heavy atom. The molecule has 0 aliphatic rings. The first-order valence-electron chi connectivity index (χ1n) is 9.41. The Bertz CT molecular complexity index is 497. The fourth-order valence-electron chi connectivity index (χ4n) is 5.81. The molecule has 0 N–H and O–H groups in total. The zero-order chi connectivity index (χ0) is 19.6. The monoisotopic (exact) mass is 466 g/mol. The van der Waals surface area contributed by atoms with Gasteiger partial charge in [0.1, 0.15) is 0 Å². The van der Waals surface area contributed by atoms with Crippen molar-refractivity contribution in [2.24, 2.45) is 0 Å². The van der Waals surface area contributed by atoms with Crippen molar-refractivity contribution in [1.82, 2.24) is 0 Å². The van der Waals surface area contributed by atoms with Gasteiger partial charge in [-0.25, -0.2) is 0 Å². The molecule has 0 bridgehead atoms. The Morgan fingerprint density at radius 3 is 1.08 bits per heavy atom. The molecule has 0 saturated heterocycles. The van der Waals surface area contributed by atoms with E-state index in [1.54, 1.807) is 5.19 Å². The summed E-state index contributed by atoms with van der Waals surface area (Å²) in [6, 6.07) is 11.9. The van der Waals surface area contributed by atoms with Crippen molar-refractivity contribution in [3.63, 3.8) is 0 Å². The molecule has 138 valence electrons. The molecule has 0 spiro atoms. The molecule has 0 amide bonds. The summed E-state index contributed by atoms with van der Waals surface area (Å²) in [4.78, 5) is 0. The smallest absolute Gasteiger partial charge is 0.0655 e. The summed E-state index contributed by atoms with van der Waals surface area (Å²) in [5.41, 5.74) is 0. The molecule has 0 saturated carbocycles. The van der Waals surface area contributed by atoms with Gasteiger partial charge in [-0.15, -0.1) is 0 Å². The van der Waals surface area contributed by atoms with Crippen LogP contribution in [0.2, 0.25) is 72.0 Å². The van der Waals surface area contributed by atoms with Crippen LogP contribution in [0.15, 0.2) is 30.3 Å². The van der Waals surface area contributed by atoms with Crippen LogP contribution in [-0.4, -0.2) is 62.2 Å². The van der Waals surface area contributed by atoms with E-state index >= 15 is 0 Å². The van der Waals surface area contributed by atoms with Gasteiger partial charge >= 0.3 is 0 Å². The Hall–Kier alpha value is 0.955. The second-order valence-electron chi connectivity index (χ2n) is 8.49. The first-order chi connectivity index (χ1) is 11.5. The van der Waals surface area contributed by atoms with E-state index in [0.29, 0.717) is 0 Å². The highest BCUT2D eigenvalue weighted by molar-refractivity contribution is 8.21. The second kappa shape index (κ2) is 9.44. The maximum atomic E-state index is 2.80. The maximum absolute atomic E-state index is 2.80. The highest BCUT2D eigenvalue weighted by atomic mass is 30.4. The number of hydrogen-bond donors (Lipinski definition) is 0. The topological polar surface area (TPSA) is 0 Å². The normalized spacial score (nSPS) is 14.0. The summed E-state index contributed by atoms with van der Waals surface area (Å²) in [7, 11) is -1.27. The van der Waals surface area contributed by atoms with Crippen LogP contribution < -0.4 is 5.19 Å².